The summed E-state index contributed by atoms with van der Waals surface area (Å²) in [7, 11) is 0. The van der Waals surface area contributed by atoms with Crippen LogP contribution in [0.4, 0.5) is 17.6 Å². The van der Waals surface area contributed by atoms with E-state index >= 15 is 0 Å². The summed E-state index contributed by atoms with van der Waals surface area (Å²) in [5.74, 6) is -7.74. The van der Waals surface area contributed by atoms with E-state index in [0.717, 1.165) is 0 Å². The van der Waals surface area contributed by atoms with Gasteiger partial charge in [0.2, 0.25) is 0 Å². The molecule has 80 valence electrons. The molecule has 1 saturated carbocycles. The Hall–Kier alpha value is -1.39. The van der Waals surface area contributed by atoms with Crippen LogP contribution < -0.4 is 0 Å². The first-order valence-corrected chi connectivity index (χ1v) is 4.38. The third kappa shape index (κ3) is 1.42. The lowest BCUT2D eigenvalue weighted by molar-refractivity contribution is -0.125. The SMILES string of the molecule is O=C1CCC1c1cc(F)c(F)c(F)c1F. The van der Waals surface area contributed by atoms with E-state index < -0.39 is 29.2 Å². The van der Waals surface area contributed by atoms with Crippen molar-refractivity contribution in [3.05, 3.63) is 34.9 Å². The molecule has 0 heterocycles. The number of ketones is 1. The van der Waals surface area contributed by atoms with Gasteiger partial charge in [-0.05, 0) is 12.5 Å². The Morgan fingerprint density at radius 3 is 2.20 bits per heavy atom. The Morgan fingerprint density at radius 2 is 1.73 bits per heavy atom. The van der Waals surface area contributed by atoms with Crippen molar-refractivity contribution >= 4 is 5.78 Å². The Bertz CT molecular complexity index is 442. The third-order valence-electron chi connectivity index (χ3n) is 2.57. The van der Waals surface area contributed by atoms with Gasteiger partial charge >= 0.3 is 0 Å². The maximum Gasteiger partial charge on any atom is 0.197 e. The van der Waals surface area contributed by atoms with Crippen molar-refractivity contribution in [3.8, 4) is 0 Å². The monoisotopic (exact) mass is 218 g/mol. The summed E-state index contributed by atoms with van der Waals surface area (Å²) in [4.78, 5) is 11.0. The lowest BCUT2D eigenvalue weighted by atomic mass is 9.78. The van der Waals surface area contributed by atoms with Crippen molar-refractivity contribution in [2.45, 2.75) is 18.8 Å². The highest BCUT2D eigenvalue weighted by molar-refractivity contribution is 5.91. The highest BCUT2D eigenvalue weighted by Gasteiger charge is 2.34. The predicted molar refractivity (Wildman–Crippen MR) is 43.3 cm³/mol. The van der Waals surface area contributed by atoms with Gasteiger partial charge in [0, 0.05) is 17.9 Å². The zero-order valence-electron chi connectivity index (χ0n) is 7.49. The Balaban J connectivity index is 2.53. The van der Waals surface area contributed by atoms with Gasteiger partial charge in [0.25, 0.3) is 0 Å². The van der Waals surface area contributed by atoms with Crippen LogP contribution in [0.5, 0.6) is 0 Å². The first-order chi connectivity index (χ1) is 7.02. The average molecular weight is 218 g/mol. The molecule has 1 aliphatic rings. The molecule has 1 fully saturated rings. The largest absolute Gasteiger partial charge is 0.299 e. The van der Waals surface area contributed by atoms with Gasteiger partial charge in [0.15, 0.2) is 23.3 Å². The predicted octanol–water partition coefficient (Wildman–Crippen LogP) is 2.69. The van der Waals surface area contributed by atoms with E-state index in [1.807, 2.05) is 0 Å². The van der Waals surface area contributed by atoms with Gasteiger partial charge < -0.3 is 0 Å². The first-order valence-electron chi connectivity index (χ1n) is 4.38. The van der Waals surface area contributed by atoms with Gasteiger partial charge in [-0.2, -0.15) is 0 Å². The summed E-state index contributed by atoms with van der Waals surface area (Å²) < 4.78 is 51.3. The molecule has 1 unspecified atom stereocenters. The standard InChI is InChI=1S/C10H6F4O/c11-6-3-5(4-1-2-7(4)15)8(12)10(14)9(6)13/h3-4H,1-2H2. The van der Waals surface area contributed by atoms with Crippen LogP contribution in [-0.2, 0) is 4.79 Å². The Kier molecular flexibility index (Phi) is 2.25. The molecule has 0 radical (unpaired) electrons. The number of carbonyl (C=O) groups excluding carboxylic acids is 1. The smallest absolute Gasteiger partial charge is 0.197 e. The van der Waals surface area contributed by atoms with Crippen LogP contribution in [0.3, 0.4) is 0 Å². The molecule has 0 spiro atoms. The minimum absolute atomic E-state index is 0.269. The van der Waals surface area contributed by atoms with Crippen LogP contribution in [-0.4, -0.2) is 5.78 Å². The summed E-state index contributed by atoms with van der Waals surface area (Å²) >= 11 is 0. The molecular weight excluding hydrogens is 212 g/mol. The van der Waals surface area contributed by atoms with Gasteiger partial charge in [-0.3, -0.25) is 4.79 Å². The maximum absolute atomic E-state index is 13.2. The number of benzene rings is 1. The number of halogens is 4. The van der Waals surface area contributed by atoms with Gasteiger partial charge in [0.05, 0.1) is 0 Å². The molecule has 0 N–H and O–H groups in total. The molecule has 1 nitrogen and oxygen atoms in total. The van der Waals surface area contributed by atoms with Crippen LogP contribution in [0.2, 0.25) is 0 Å². The molecule has 1 aromatic carbocycles. The first kappa shape index (κ1) is 10.1. The minimum Gasteiger partial charge on any atom is -0.299 e. The normalized spacial score (nSPS) is 20.3. The number of rotatable bonds is 1. The van der Waals surface area contributed by atoms with E-state index in [0.29, 0.717) is 12.5 Å². The van der Waals surface area contributed by atoms with Crippen LogP contribution in [0, 0.1) is 23.3 Å². The van der Waals surface area contributed by atoms with Crippen molar-refractivity contribution in [1.29, 1.82) is 0 Å². The van der Waals surface area contributed by atoms with E-state index in [9.17, 15) is 22.4 Å². The van der Waals surface area contributed by atoms with E-state index in [1.54, 1.807) is 0 Å². The summed E-state index contributed by atoms with van der Waals surface area (Å²) in [6.07, 6.45) is 0.616. The van der Waals surface area contributed by atoms with Crippen molar-refractivity contribution in [3.63, 3.8) is 0 Å². The molecule has 1 aliphatic carbocycles. The highest BCUT2D eigenvalue weighted by atomic mass is 19.2. The Labute approximate surface area is 82.7 Å². The maximum atomic E-state index is 13.2. The van der Waals surface area contributed by atoms with E-state index in [4.69, 9.17) is 0 Å². The summed E-state index contributed by atoms with van der Waals surface area (Å²) in [5, 5.41) is 0. The number of hydrogen-bond donors (Lipinski definition) is 0. The molecule has 0 aromatic heterocycles. The van der Waals surface area contributed by atoms with Crippen molar-refractivity contribution in [2.24, 2.45) is 0 Å². The zero-order chi connectivity index (χ0) is 11.2. The summed E-state index contributed by atoms with van der Waals surface area (Å²) in [6, 6.07) is 0.551. The molecule has 0 amide bonds. The molecule has 15 heavy (non-hydrogen) atoms. The summed E-state index contributed by atoms with van der Waals surface area (Å²) in [5.41, 5.74) is -0.386. The number of carbonyl (C=O) groups is 1. The fraction of sp³-hybridized carbons (Fsp3) is 0.300. The second kappa shape index (κ2) is 3.32. The molecular formula is C10H6F4O. The molecule has 1 aromatic rings. The van der Waals surface area contributed by atoms with E-state index in [-0.39, 0.29) is 17.8 Å². The number of Topliss-reactive ketones (excluding diaryl/α,β-unsaturated/α-hetero) is 1. The molecule has 0 saturated heterocycles. The molecule has 0 aliphatic heterocycles. The van der Waals surface area contributed by atoms with Crippen molar-refractivity contribution in [2.75, 3.05) is 0 Å². The average Bonchev–Trinajstić information content (AvgIpc) is 2.20. The molecule has 5 heteroatoms. The molecule has 0 bridgehead atoms. The minimum atomic E-state index is -1.86. The van der Waals surface area contributed by atoms with Gasteiger partial charge in [-0.15, -0.1) is 0 Å². The number of hydrogen-bond acceptors (Lipinski definition) is 1. The fourth-order valence-corrected chi connectivity index (χ4v) is 1.58. The van der Waals surface area contributed by atoms with Crippen LogP contribution in [0.1, 0.15) is 24.3 Å². The van der Waals surface area contributed by atoms with Gasteiger partial charge in [-0.1, -0.05) is 0 Å². The van der Waals surface area contributed by atoms with Crippen molar-refractivity contribution < 1.29 is 22.4 Å². The highest BCUT2D eigenvalue weighted by Crippen LogP contribution is 2.36. The van der Waals surface area contributed by atoms with E-state index in [2.05, 4.69) is 0 Å². The lowest BCUT2D eigenvalue weighted by Crippen LogP contribution is -2.25. The lowest BCUT2D eigenvalue weighted by Gasteiger charge is -2.24. The quantitative estimate of drug-likeness (QED) is 0.402. The fourth-order valence-electron chi connectivity index (χ4n) is 1.58. The van der Waals surface area contributed by atoms with Gasteiger partial charge in [0.1, 0.15) is 5.78 Å². The molecule has 2 rings (SSSR count). The third-order valence-corrected chi connectivity index (χ3v) is 2.57. The Morgan fingerprint density at radius 1 is 1.07 bits per heavy atom. The topological polar surface area (TPSA) is 17.1 Å². The second-order valence-electron chi connectivity index (χ2n) is 3.45. The van der Waals surface area contributed by atoms with Gasteiger partial charge in [-0.25, -0.2) is 17.6 Å². The zero-order valence-corrected chi connectivity index (χ0v) is 7.49. The van der Waals surface area contributed by atoms with Crippen molar-refractivity contribution in [1.82, 2.24) is 0 Å². The molecule has 1 atom stereocenters. The second-order valence-corrected chi connectivity index (χ2v) is 3.45. The van der Waals surface area contributed by atoms with Crippen LogP contribution in [0.25, 0.3) is 0 Å². The van der Waals surface area contributed by atoms with E-state index in [1.165, 1.54) is 0 Å². The summed E-state index contributed by atoms with van der Waals surface area (Å²) in [6.45, 7) is 0. The van der Waals surface area contributed by atoms with Crippen LogP contribution >= 0.6 is 0 Å². The van der Waals surface area contributed by atoms with Crippen LogP contribution in [0.15, 0.2) is 6.07 Å².